The molecule has 116 valence electrons. The lowest BCUT2D eigenvalue weighted by molar-refractivity contribution is 1.18. The van der Waals surface area contributed by atoms with Crippen LogP contribution in [0.1, 0.15) is 5.56 Å². The van der Waals surface area contributed by atoms with Gasteiger partial charge in [-0.1, -0.05) is 78.9 Å². The van der Waals surface area contributed by atoms with Crippen LogP contribution in [0.5, 0.6) is 0 Å². The fourth-order valence-electron chi connectivity index (χ4n) is 2.81. The van der Waals surface area contributed by atoms with Crippen LogP contribution in [0.25, 0.3) is 22.0 Å². The van der Waals surface area contributed by atoms with Crippen LogP contribution in [0.3, 0.4) is 0 Å². The Morgan fingerprint density at radius 2 is 1.38 bits per heavy atom. The lowest BCUT2D eigenvalue weighted by Crippen LogP contribution is -1.89. The van der Waals surface area contributed by atoms with E-state index < -0.39 is 0 Å². The molecule has 24 heavy (non-hydrogen) atoms. The second-order valence-electron chi connectivity index (χ2n) is 5.67. The van der Waals surface area contributed by atoms with Gasteiger partial charge in [-0.05, 0) is 28.8 Å². The van der Waals surface area contributed by atoms with E-state index in [9.17, 15) is 0 Å². The molecule has 0 amide bonds. The van der Waals surface area contributed by atoms with Crippen molar-refractivity contribution in [1.29, 1.82) is 0 Å². The third kappa shape index (κ3) is 3.19. The number of pyridine rings is 1. The van der Waals surface area contributed by atoms with Crippen molar-refractivity contribution in [3.05, 3.63) is 96.6 Å². The lowest BCUT2D eigenvalue weighted by atomic mass is 10.0. The highest BCUT2D eigenvalue weighted by Gasteiger charge is 2.08. The molecule has 0 atom stereocenters. The predicted molar refractivity (Wildman–Crippen MR) is 103 cm³/mol. The van der Waals surface area contributed by atoms with Crippen molar-refractivity contribution in [2.75, 3.05) is 0 Å². The van der Waals surface area contributed by atoms with Crippen molar-refractivity contribution in [3.8, 4) is 11.1 Å². The highest BCUT2D eigenvalue weighted by molar-refractivity contribution is 7.98. The first-order valence-corrected chi connectivity index (χ1v) is 9.01. The molecule has 0 spiro atoms. The molecule has 4 aromatic rings. The first-order valence-electron chi connectivity index (χ1n) is 8.02. The standard InChI is InChI=1S/C22H17NS/c1-3-9-17(10-4-1)16-24-22-15-20(18-11-5-2-6-12-18)19-13-7-8-14-21(19)23-22/h1-15H,16H2. The molecule has 0 bridgehead atoms. The Hall–Kier alpha value is -2.58. The van der Waals surface area contributed by atoms with E-state index in [4.69, 9.17) is 4.98 Å². The fourth-order valence-corrected chi connectivity index (χ4v) is 3.68. The fraction of sp³-hybridized carbons (Fsp3) is 0.0455. The topological polar surface area (TPSA) is 12.9 Å². The van der Waals surface area contributed by atoms with E-state index in [1.165, 1.54) is 22.1 Å². The molecule has 4 rings (SSSR count). The first kappa shape index (κ1) is 15.0. The van der Waals surface area contributed by atoms with Gasteiger partial charge in [0.15, 0.2) is 0 Å². The summed E-state index contributed by atoms with van der Waals surface area (Å²) in [7, 11) is 0. The third-order valence-electron chi connectivity index (χ3n) is 4.01. The van der Waals surface area contributed by atoms with Crippen molar-refractivity contribution in [2.24, 2.45) is 0 Å². The van der Waals surface area contributed by atoms with Gasteiger partial charge >= 0.3 is 0 Å². The Kier molecular flexibility index (Phi) is 4.30. The van der Waals surface area contributed by atoms with Gasteiger partial charge in [-0.15, -0.1) is 11.8 Å². The summed E-state index contributed by atoms with van der Waals surface area (Å²) in [6, 6.07) is 31.7. The Balaban J connectivity index is 1.74. The molecule has 3 aromatic carbocycles. The normalized spacial score (nSPS) is 10.8. The number of aromatic nitrogens is 1. The maximum Gasteiger partial charge on any atom is 0.0977 e. The minimum Gasteiger partial charge on any atom is -0.241 e. The van der Waals surface area contributed by atoms with Crippen molar-refractivity contribution >= 4 is 22.7 Å². The van der Waals surface area contributed by atoms with Gasteiger partial charge in [0, 0.05) is 11.1 Å². The molecule has 0 N–H and O–H groups in total. The Bertz CT molecular complexity index is 949. The van der Waals surface area contributed by atoms with Gasteiger partial charge in [0.1, 0.15) is 0 Å². The number of thioether (sulfide) groups is 1. The molecular formula is C22H17NS. The summed E-state index contributed by atoms with van der Waals surface area (Å²) in [4.78, 5) is 4.84. The van der Waals surface area contributed by atoms with Crippen LogP contribution in [0, 0.1) is 0 Å². The average molecular weight is 327 g/mol. The number of fused-ring (bicyclic) bond motifs is 1. The Morgan fingerprint density at radius 3 is 2.17 bits per heavy atom. The number of hydrogen-bond acceptors (Lipinski definition) is 2. The average Bonchev–Trinajstić information content (AvgIpc) is 2.67. The van der Waals surface area contributed by atoms with Crippen molar-refractivity contribution in [2.45, 2.75) is 10.8 Å². The molecule has 2 heteroatoms. The van der Waals surface area contributed by atoms with Crippen molar-refractivity contribution in [1.82, 2.24) is 4.98 Å². The summed E-state index contributed by atoms with van der Waals surface area (Å²) in [5, 5.41) is 2.27. The maximum atomic E-state index is 4.84. The van der Waals surface area contributed by atoms with Crippen LogP contribution in [0.4, 0.5) is 0 Å². The van der Waals surface area contributed by atoms with Crippen LogP contribution in [-0.2, 0) is 5.75 Å². The minimum absolute atomic E-state index is 0.931. The Labute approximate surface area is 146 Å². The zero-order chi connectivity index (χ0) is 16.2. The van der Waals surface area contributed by atoms with E-state index in [0.29, 0.717) is 0 Å². The number of para-hydroxylation sites is 1. The van der Waals surface area contributed by atoms with Crippen LogP contribution in [0.2, 0.25) is 0 Å². The summed E-state index contributed by atoms with van der Waals surface area (Å²) in [6.45, 7) is 0. The summed E-state index contributed by atoms with van der Waals surface area (Å²) in [5.41, 5.74) is 4.85. The zero-order valence-electron chi connectivity index (χ0n) is 13.2. The van der Waals surface area contributed by atoms with Crippen LogP contribution >= 0.6 is 11.8 Å². The molecular weight excluding hydrogens is 310 g/mol. The highest BCUT2D eigenvalue weighted by Crippen LogP contribution is 2.32. The van der Waals surface area contributed by atoms with Crippen molar-refractivity contribution in [3.63, 3.8) is 0 Å². The maximum absolute atomic E-state index is 4.84. The smallest absolute Gasteiger partial charge is 0.0977 e. The van der Waals surface area contributed by atoms with E-state index >= 15 is 0 Å². The van der Waals surface area contributed by atoms with Crippen molar-refractivity contribution < 1.29 is 0 Å². The number of benzene rings is 3. The number of rotatable bonds is 4. The van der Waals surface area contributed by atoms with Gasteiger partial charge in [-0.3, -0.25) is 0 Å². The molecule has 0 saturated heterocycles. The summed E-state index contributed by atoms with van der Waals surface area (Å²) in [5.74, 6) is 0.931. The van der Waals surface area contributed by atoms with E-state index in [-0.39, 0.29) is 0 Å². The molecule has 0 aliphatic heterocycles. The molecule has 0 fully saturated rings. The third-order valence-corrected chi connectivity index (χ3v) is 4.99. The SMILES string of the molecule is c1ccc(CSc2cc(-c3ccccc3)c3ccccc3n2)cc1. The van der Waals surface area contributed by atoms with Gasteiger partial charge in [0.25, 0.3) is 0 Å². The molecule has 1 heterocycles. The lowest BCUT2D eigenvalue weighted by Gasteiger charge is -2.10. The summed E-state index contributed by atoms with van der Waals surface area (Å²) in [6.07, 6.45) is 0. The zero-order valence-corrected chi connectivity index (χ0v) is 14.0. The van der Waals surface area contributed by atoms with Gasteiger partial charge < -0.3 is 0 Å². The molecule has 1 aromatic heterocycles. The molecule has 0 aliphatic rings. The van der Waals surface area contributed by atoms with Gasteiger partial charge in [0.05, 0.1) is 10.5 Å². The quantitative estimate of drug-likeness (QED) is 0.414. The molecule has 1 nitrogen and oxygen atoms in total. The minimum atomic E-state index is 0.931. The van der Waals surface area contributed by atoms with Gasteiger partial charge in [0.2, 0.25) is 0 Å². The summed E-state index contributed by atoms with van der Waals surface area (Å²) >= 11 is 1.79. The van der Waals surface area contributed by atoms with E-state index in [0.717, 1.165) is 16.3 Å². The second-order valence-corrected chi connectivity index (χ2v) is 6.66. The Morgan fingerprint density at radius 1 is 0.708 bits per heavy atom. The van der Waals surface area contributed by atoms with E-state index in [1.54, 1.807) is 11.8 Å². The number of hydrogen-bond donors (Lipinski definition) is 0. The number of nitrogens with zero attached hydrogens (tertiary/aromatic N) is 1. The van der Waals surface area contributed by atoms with Gasteiger partial charge in [-0.2, -0.15) is 0 Å². The molecule has 0 unspecified atom stereocenters. The first-order chi connectivity index (χ1) is 11.9. The van der Waals surface area contributed by atoms with Crippen LogP contribution < -0.4 is 0 Å². The highest BCUT2D eigenvalue weighted by atomic mass is 32.2. The molecule has 0 aliphatic carbocycles. The van der Waals surface area contributed by atoms with Gasteiger partial charge in [-0.25, -0.2) is 4.98 Å². The molecule has 0 saturated carbocycles. The van der Waals surface area contributed by atoms with Crippen LogP contribution in [0.15, 0.2) is 96.0 Å². The van der Waals surface area contributed by atoms with Crippen LogP contribution in [-0.4, -0.2) is 4.98 Å². The predicted octanol–water partition coefficient (Wildman–Crippen LogP) is 6.19. The van der Waals surface area contributed by atoms with E-state index in [2.05, 4.69) is 91.0 Å². The molecule has 0 radical (unpaired) electrons. The van der Waals surface area contributed by atoms with E-state index in [1.807, 2.05) is 0 Å². The monoisotopic (exact) mass is 327 g/mol. The second kappa shape index (κ2) is 6.90. The summed E-state index contributed by atoms with van der Waals surface area (Å²) < 4.78 is 0. The largest absolute Gasteiger partial charge is 0.241 e.